The van der Waals surface area contributed by atoms with Gasteiger partial charge in [0.05, 0.1) is 17.6 Å². The number of carbonyl (C=O) groups excluding carboxylic acids is 1. The lowest BCUT2D eigenvalue weighted by Gasteiger charge is -2.32. The van der Waals surface area contributed by atoms with Gasteiger partial charge in [-0.25, -0.2) is 4.79 Å². The largest absolute Gasteiger partial charge is 0.492 e. The predicted molar refractivity (Wildman–Crippen MR) is 121 cm³/mol. The Bertz CT molecular complexity index is 859. The van der Waals surface area contributed by atoms with Gasteiger partial charge in [0.25, 0.3) is 0 Å². The number of hydrogen-bond acceptors (Lipinski definition) is 5. The summed E-state index contributed by atoms with van der Waals surface area (Å²) in [6, 6.07) is 4.99. The number of aliphatic carboxylic acids is 1. The molecule has 1 aromatic carbocycles. The van der Waals surface area contributed by atoms with Gasteiger partial charge in [-0.1, -0.05) is 23.7 Å². The fourth-order valence-electron chi connectivity index (χ4n) is 2.91. The van der Waals surface area contributed by atoms with Gasteiger partial charge in [0, 0.05) is 11.6 Å². The SMILES string of the molecule is CC(C)(C)OC(=O)NCC(=Cc1cc(Cl)ccc1CC(=O)O)B1OC(C)(C)C(C)(C)O1. The van der Waals surface area contributed by atoms with Crippen molar-refractivity contribution < 1.29 is 28.7 Å². The Morgan fingerprint density at radius 1 is 1.19 bits per heavy atom. The first-order chi connectivity index (χ1) is 14.1. The first-order valence-electron chi connectivity index (χ1n) is 10.1. The lowest BCUT2D eigenvalue weighted by molar-refractivity contribution is -0.136. The molecule has 0 unspecified atom stereocenters. The molecular formula is C22H31BClNO6. The van der Waals surface area contributed by atoms with E-state index >= 15 is 0 Å². The molecule has 0 aromatic heterocycles. The number of carbonyl (C=O) groups is 2. The van der Waals surface area contributed by atoms with Crippen LogP contribution in [0.1, 0.15) is 59.6 Å². The van der Waals surface area contributed by atoms with Gasteiger partial charge in [-0.3, -0.25) is 4.79 Å². The van der Waals surface area contributed by atoms with E-state index in [1.54, 1.807) is 45.0 Å². The van der Waals surface area contributed by atoms with Gasteiger partial charge in [0.1, 0.15) is 5.60 Å². The van der Waals surface area contributed by atoms with Gasteiger partial charge in [0.2, 0.25) is 0 Å². The highest BCUT2D eigenvalue weighted by Gasteiger charge is 2.52. The quantitative estimate of drug-likeness (QED) is 0.618. The number of amides is 1. The van der Waals surface area contributed by atoms with E-state index in [9.17, 15) is 14.7 Å². The number of alkyl carbamates (subject to hydrolysis) is 1. The molecule has 2 N–H and O–H groups in total. The number of carboxylic acids is 1. The van der Waals surface area contributed by atoms with E-state index < -0.39 is 36.0 Å². The minimum Gasteiger partial charge on any atom is -0.481 e. The molecule has 0 spiro atoms. The predicted octanol–water partition coefficient (Wildman–Crippen LogP) is 4.51. The molecule has 31 heavy (non-hydrogen) atoms. The maximum absolute atomic E-state index is 12.2. The van der Waals surface area contributed by atoms with Crippen LogP contribution in [0.2, 0.25) is 5.02 Å². The molecular weight excluding hydrogens is 421 g/mol. The van der Waals surface area contributed by atoms with Crippen LogP contribution in [0, 0.1) is 0 Å². The summed E-state index contributed by atoms with van der Waals surface area (Å²) >= 11 is 6.16. The van der Waals surface area contributed by atoms with Crippen molar-refractivity contribution in [1.29, 1.82) is 0 Å². The van der Waals surface area contributed by atoms with Crippen molar-refractivity contribution in [2.45, 2.75) is 71.7 Å². The number of benzene rings is 1. The summed E-state index contributed by atoms with van der Waals surface area (Å²) in [6.45, 7) is 13.2. The fraction of sp³-hybridized carbons (Fsp3) is 0.545. The molecule has 0 aliphatic carbocycles. The van der Waals surface area contributed by atoms with Gasteiger partial charge < -0.3 is 24.5 Å². The van der Waals surface area contributed by atoms with Gasteiger partial charge >= 0.3 is 19.2 Å². The number of carboxylic acid groups (broad SMARTS) is 1. The van der Waals surface area contributed by atoms with Gasteiger partial charge in [-0.15, -0.1) is 0 Å². The molecule has 1 aromatic rings. The Balaban J connectivity index is 2.40. The fourth-order valence-corrected chi connectivity index (χ4v) is 3.09. The summed E-state index contributed by atoms with van der Waals surface area (Å²) in [4.78, 5) is 23.5. The van der Waals surface area contributed by atoms with Crippen LogP contribution in [0.4, 0.5) is 4.79 Å². The maximum atomic E-state index is 12.2. The van der Waals surface area contributed by atoms with Crippen molar-refractivity contribution in [1.82, 2.24) is 5.32 Å². The highest BCUT2D eigenvalue weighted by Crippen LogP contribution is 2.39. The first kappa shape index (κ1) is 25.2. The minimum atomic E-state index is -0.957. The zero-order valence-electron chi connectivity index (χ0n) is 19.2. The third kappa shape index (κ3) is 6.99. The van der Waals surface area contributed by atoms with E-state index in [0.717, 1.165) is 0 Å². The van der Waals surface area contributed by atoms with E-state index in [2.05, 4.69) is 5.32 Å². The monoisotopic (exact) mass is 451 g/mol. The molecule has 1 fully saturated rings. The summed E-state index contributed by atoms with van der Waals surface area (Å²) in [6.07, 6.45) is 1.01. The van der Waals surface area contributed by atoms with Crippen LogP contribution in [-0.2, 0) is 25.3 Å². The molecule has 0 saturated carbocycles. The number of nitrogens with one attached hydrogen (secondary N) is 1. The van der Waals surface area contributed by atoms with Crippen LogP contribution >= 0.6 is 11.6 Å². The average Bonchev–Trinajstić information content (AvgIpc) is 2.79. The summed E-state index contributed by atoms with van der Waals surface area (Å²) in [5, 5.41) is 12.4. The summed E-state index contributed by atoms with van der Waals surface area (Å²) in [5.41, 5.74) is 0.00837. The number of rotatable bonds is 6. The molecule has 1 amide bonds. The third-order valence-electron chi connectivity index (χ3n) is 5.18. The molecule has 1 heterocycles. The summed E-state index contributed by atoms with van der Waals surface area (Å²) < 4.78 is 17.6. The normalized spacial score (nSPS) is 18.1. The molecule has 1 aliphatic rings. The summed E-state index contributed by atoms with van der Waals surface area (Å²) in [5.74, 6) is -0.957. The zero-order valence-corrected chi connectivity index (χ0v) is 19.9. The molecule has 7 nitrogen and oxygen atoms in total. The topological polar surface area (TPSA) is 94.1 Å². The number of ether oxygens (including phenoxy) is 1. The minimum absolute atomic E-state index is 0.0881. The van der Waals surface area contributed by atoms with Crippen molar-refractivity contribution in [3.8, 4) is 0 Å². The van der Waals surface area contributed by atoms with Gasteiger partial charge in [0.15, 0.2) is 0 Å². The highest BCUT2D eigenvalue weighted by molar-refractivity contribution is 6.56. The Morgan fingerprint density at radius 2 is 1.77 bits per heavy atom. The van der Waals surface area contributed by atoms with Crippen LogP contribution in [0.5, 0.6) is 0 Å². The van der Waals surface area contributed by atoms with Crippen LogP contribution in [0.15, 0.2) is 23.7 Å². The van der Waals surface area contributed by atoms with E-state index in [1.165, 1.54) is 0 Å². The molecule has 0 bridgehead atoms. The second-order valence-corrected chi connectivity index (χ2v) is 10.0. The lowest BCUT2D eigenvalue weighted by Crippen LogP contribution is -2.41. The van der Waals surface area contributed by atoms with Crippen molar-refractivity contribution in [2.75, 3.05) is 6.54 Å². The standard InChI is InChI=1S/C22H31BClNO6/c1-20(2,3)29-19(28)25-13-16(23-30-21(4,5)22(6,7)31-23)10-15-11-17(24)9-8-14(15)12-18(26)27/h8-11H,12-13H2,1-7H3,(H,25,28)(H,26,27). The van der Waals surface area contributed by atoms with Gasteiger partial charge in [-0.2, -0.15) is 0 Å². The smallest absolute Gasteiger partial charge is 0.481 e. The lowest BCUT2D eigenvalue weighted by atomic mass is 9.76. The maximum Gasteiger partial charge on any atom is 0.492 e. The zero-order chi connectivity index (χ0) is 23.6. The van der Waals surface area contributed by atoms with E-state index in [4.69, 9.17) is 25.6 Å². The van der Waals surface area contributed by atoms with Crippen LogP contribution in [0.3, 0.4) is 0 Å². The van der Waals surface area contributed by atoms with Crippen molar-refractivity contribution >= 4 is 36.9 Å². The molecule has 0 radical (unpaired) electrons. The Kier molecular flexibility index (Phi) is 7.51. The first-order valence-corrected chi connectivity index (χ1v) is 10.5. The van der Waals surface area contributed by atoms with Crippen LogP contribution in [0.25, 0.3) is 6.08 Å². The Labute approximate surface area is 189 Å². The Morgan fingerprint density at radius 3 is 2.29 bits per heavy atom. The van der Waals surface area contributed by atoms with E-state index in [1.807, 2.05) is 27.7 Å². The van der Waals surface area contributed by atoms with Crippen LogP contribution < -0.4 is 5.32 Å². The molecule has 9 heteroatoms. The third-order valence-corrected chi connectivity index (χ3v) is 5.42. The number of halogens is 1. The molecule has 1 saturated heterocycles. The molecule has 2 rings (SSSR count). The number of hydrogen-bond donors (Lipinski definition) is 2. The van der Waals surface area contributed by atoms with Crippen LogP contribution in [-0.4, -0.2) is 47.6 Å². The summed E-state index contributed by atoms with van der Waals surface area (Å²) in [7, 11) is -0.739. The molecule has 1 aliphatic heterocycles. The van der Waals surface area contributed by atoms with E-state index in [0.29, 0.717) is 21.6 Å². The van der Waals surface area contributed by atoms with Crippen molar-refractivity contribution in [3.05, 3.63) is 39.8 Å². The second-order valence-electron chi connectivity index (χ2n) is 9.58. The second kappa shape index (κ2) is 9.22. The van der Waals surface area contributed by atoms with Crippen molar-refractivity contribution in [2.24, 2.45) is 0 Å². The van der Waals surface area contributed by atoms with E-state index in [-0.39, 0.29) is 13.0 Å². The molecule has 170 valence electrons. The van der Waals surface area contributed by atoms with Crippen molar-refractivity contribution in [3.63, 3.8) is 0 Å². The van der Waals surface area contributed by atoms with Gasteiger partial charge in [-0.05, 0) is 77.2 Å². The molecule has 0 atom stereocenters. The average molecular weight is 452 g/mol. The highest BCUT2D eigenvalue weighted by atomic mass is 35.5. The Hall–Kier alpha value is -2.03.